The average molecular weight is 343 g/mol. The molecule has 0 radical (unpaired) electrons. The summed E-state index contributed by atoms with van der Waals surface area (Å²) in [4.78, 5) is 20.7. The molecule has 7 heteroatoms. The first-order chi connectivity index (χ1) is 11.5. The van der Waals surface area contributed by atoms with Crippen LogP contribution in [0.25, 0.3) is 4.83 Å². The van der Waals surface area contributed by atoms with E-state index < -0.39 is 0 Å². The van der Waals surface area contributed by atoms with Crippen molar-refractivity contribution in [3.8, 4) is 0 Å². The maximum atomic E-state index is 12.7. The number of aryl methyl sites for hydroxylation is 3. The highest BCUT2D eigenvalue weighted by Gasteiger charge is 2.29. The van der Waals surface area contributed by atoms with E-state index in [1.807, 2.05) is 11.9 Å². The number of piperidine rings is 1. The normalized spacial score (nSPS) is 18.5. The minimum atomic E-state index is 0.0716. The number of hydrogen-bond donors (Lipinski definition) is 0. The lowest BCUT2D eigenvalue weighted by Crippen LogP contribution is -2.39. The number of hydrogen-bond acceptors (Lipinski definition) is 4. The first-order valence-electron chi connectivity index (χ1n) is 8.25. The number of nitrogens with zero attached hydrogens (tertiary/aromatic N) is 5. The van der Waals surface area contributed by atoms with Crippen LogP contribution in [0.4, 0.5) is 0 Å². The summed E-state index contributed by atoms with van der Waals surface area (Å²) in [7, 11) is 1.83. The zero-order valence-electron chi connectivity index (χ0n) is 14.2. The first kappa shape index (κ1) is 15.4. The molecule has 1 fully saturated rings. The molecule has 1 aliphatic rings. The second kappa shape index (κ2) is 5.73. The standard InChI is InChI=1S/C17H21N5OS/c1-11-10-24-17-15(19-12(2)22(11)17)13-5-4-6-21(9-13)16(23)14-7-18-20(3)8-14/h7-8,10,13H,4-6,9H2,1-3H3/t13-/m1/s1. The summed E-state index contributed by atoms with van der Waals surface area (Å²) in [5.41, 5.74) is 3.04. The highest BCUT2D eigenvalue weighted by molar-refractivity contribution is 7.15. The van der Waals surface area contributed by atoms with Gasteiger partial charge in [-0.1, -0.05) is 0 Å². The van der Waals surface area contributed by atoms with Crippen molar-refractivity contribution in [2.24, 2.45) is 7.05 Å². The van der Waals surface area contributed by atoms with E-state index >= 15 is 0 Å². The van der Waals surface area contributed by atoms with Crippen LogP contribution in [0, 0.1) is 13.8 Å². The van der Waals surface area contributed by atoms with Gasteiger partial charge in [0, 0.05) is 43.3 Å². The second-order valence-electron chi connectivity index (χ2n) is 6.55. The quantitative estimate of drug-likeness (QED) is 0.719. The molecule has 6 nitrogen and oxygen atoms in total. The van der Waals surface area contributed by atoms with Gasteiger partial charge in [0.05, 0.1) is 17.5 Å². The van der Waals surface area contributed by atoms with Crippen LogP contribution in [-0.4, -0.2) is 43.1 Å². The number of carbonyl (C=O) groups is 1. The van der Waals surface area contributed by atoms with E-state index in [2.05, 4.69) is 28.7 Å². The Morgan fingerprint density at radius 1 is 1.38 bits per heavy atom. The van der Waals surface area contributed by atoms with Gasteiger partial charge in [-0.3, -0.25) is 13.9 Å². The molecule has 4 heterocycles. The zero-order chi connectivity index (χ0) is 16.8. The highest BCUT2D eigenvalue weighted by Crippen LogP contribution is 2.33. The molecule has 1 atom stereocenters. The van der Waals surface area contributed by atoms with Crippen molar-refractivity contribution in [1.82, 2.24) is 24.1 Å². The summed E-state index contributed by atoms with van der Waals surface area (Å²) >= 11 is 1.75. The molecule has 0 saturated carbocycles. The third-order valence-electron chi connectivity index (χ3n) is 4.77. The molecule has 4 rings (SSSR count). The molecule has 0 bridgehead atoms. The third kappa shape index (κ3) is 2.43. The predicted molar refractivity (Wildman–Crippen MR) is 93.6 cm³/mol. The van der Waals surface area contributed by atoms with Crippen LogP contribution in [0.5, 0.6) is 0 Å². The summed E-state index contributed by atoms with van der Waals surface area (Å²) in [6.07, 6.45) is 5.53. The topological polar surface area (TPSA) is 55.4 Å². The van der Waals surface area contributed by atoms with Gasteiger partial charge in [0.25, 0.3) is 5.91 Å². The van der Waals surface area contributed by atoms with Gasteiger partial charge in [0.1, 0.15) is 10.7 Å². The van der Waals surface area contributed by atoms with Crippen molar-refractivity contribution in [1.29, 1.82) is 0 Å². The first-order valence-corrected chi connectivity index (χ1v) is 9.13. The SMILES string of the molecule is Cc1csc2c([C@@H]3CCCN(C(=O)c4cnn(C)c4)C3)nc(C)n12. The van der Waals surface area contributed by atoms with Crippen molar-refractivity contribution in [2.75, 3.05) is 13.1 Å². The fourth-order valence-electron chi connectivity index (χ4n) is 3.62. The van der Waals surface area contributed by atoms with Crippen LogP contribution in [0.3, 0.4) is 0 Å². The molecular weight excluding hydrogens is 322 g/mol. The van der Waals surface area contributed by atoms with E-state index in [9.17, 15) is 4.79 Å². The number of imidazole rings is 1. The average Bonchev–Trinajstić information content (AvgIpc) is 3.26. The summed E-state index contributed by atoms with van der Waals surface area (Å²) in [6, 6.07) is 0. The minimum Gasteiger partial charge on any atom is -0.338 e. The Bertz CT molecular complexity index is 906. The van der Waals surface area contributed by atoms with Gasteiger partial charge >= 0.3 is 0 Å². The van der Waals surface area contributed by atoms with Gasteiger partial charge in [0.15, 0.2) is 0 Å². The van der Waals surface area contributed by atoms with Gasteiger partial charge < -0.3 is 4.90 Å². The summed E-state index contributed by atoms with van der Waals surface area (Å²) in [6.45, 7) is 5.71. The molecular formula is C17H21N5OS. The summed E-state index contributed by atoms with van der Waals surface area (Å²) < 4.78 is 3.90. The Kier molecular flexibility index (Phi) is 3.68. The highest BCUT2D eigenvalue weighted by atomic mass is 32.1. The van der Waals surface area contributed by atoms with Crippen LogP contribution in [0.1, 0.15) is 46.3 Å². The van der Waals surface area contributed by atoms with E-state index in [0.29, 0.717) is 11.5 Å². The maximum absolute atomic E-state index is 12.7. The van der Waals surface area contributed by atoms with Crippen LogP contribution < -0.4 is 0 Å². The summed E-state index contributed by atoms with van der Waals surface area (Å²) in [5, 5.41) is 6.29. The molecule has 0 N–H and O–H groups in total. The molecule has 24 heavy (non-hydrogen) atoms. The van der Waals surface area contributed by atoms with Crippen LogP contribution in [0.2, 0.25) is 0 Å². The third-order valence-corrected chi connectivity index (χ3v) is 5.84. The van der Waals surface area contributed by atoms with Crippen LogP contribution in [0.15, 0.2) is 17.8 Å². The van der Waals surface area contributed by atoms with Crippen molar-refractivity contribution in [3.05, 3.63) is 40.5 Å². The fourth-order valence-corrected chi connectivity index (χ4v) is 4.72. The smallest absolute Gasteiger partial charge is 0.257 e. The zero-order valence-corrected chi connectivity index (χ0v) is 15.0. The lowest BCUT2D eigenvalue weighted by molar-refractivity contribution is 0.0706. The van der Waals surface area contributed by atoms with Gasteiger partial charge in [-0.25, -0.2) is 4.98 Å². The van der Waals surface area contributed by atoms with E-state index in [0.717, 1.165) is 37.4 Å². The van der Waals surface area contributed by atoms with Crippen molar-refractivity contribution in [2.45, 2.75) is 32.6 Å². The molecule has 1 saturated heterocycles. The number of carbonyl (C=O) groups excluding carboxylic acids is 1. The number of thiazole rings is 1. The Balaban J connectivity index is 1.61. The van der Waals surface area contributed by atoms with E-state index in [1.54, 1.807) is 28.4 Å². The molecule has 0 aliphatic carbocycles. The van der Waals surface area contributed by atoms with Crippen molar-refractivity contribution < 1.29 is 4.79 Å². The number of rotatable bonds is 2. The van der Waals surface area contributed by atoms with E-state index in [1.165, 1.54) is 10.5 Å². The Labute approximate surface area is 144 Å². The number of aromatic nitrogens is 4. The number of likely N-dealkylation sites (tertiary alicyclic amines) is 1. The fraction of sp³-hybridized carbons (Fsp3) is 0.471. The van der Waals surface area contributed by atoms with E-state index in [-0.39, 0.29) is 5.91 Å². The van der Waals surface area contributed by atoms with Gasteiger partial charge in [0.2, 0.25) is 0 Å². The largest absolute Gasteiger partial charge is 0.338 e. The molecule has 1 aliphatic heterocycles. The van der Waals surface area contributed by atoms with Crippen molar-refractivity contribution >= 4 is 22.1 Å². The number of amides is 1. The van der Waals surface area contributed by atoms with Gasteiger partial charge in [-0.05, 0) is 26.7 Å². The lowest BCUT2D eigenvalue weighted by atomic mass is 9.95. The molecule has 3 aromatic heterocycles. The van der Waals surface area contributed by atoms with Crippen LogP contribution in [-0.2, 0) is 7.05 Å². The number of fused-ring (bicyclic) bond motifs is 1. The summed E-state index contributed by atoms with van der Waals surface area (Å²) in [5.74, 6) is 1.41. The van der Waals surface area contributed by atoms with Gasteiger partial charge in [-0.2, -0.15) is 5.10 Å². The van der Waals surface area contributed by atoms with E-state index in [4.69, 9.17) is 4.98 Å². The van der Waals surface area contributed by atoms with Gasteiger partial charge in [-0.15, -0.1) is 11.3 Å². The Morgan fingerprint density at radius 2 is 2.21 bits per heavy atom. The Morgan fingerprint density at radius 3 is 2.96 bits per heavy atom. The molecule has 0 unspecified atom stereocenters. The molecule has 0 aromatic carbocycles. The lowest BCUT2D eigenvalue weighted by Gasteiger charge is -2.31. The predicted octanol–water partition coefficient (Wildman–Crippen LogP) is 2.77. The molecule has 1 amide bonds. The van der Waals surface area contributed by atoms with Crippen LogP contribution >= 0.6 is 11.3 Å². The van der Waals surface area contributed by atoms with Crippen molar-refractivity contribution in [3.63, 3.8) is 0 Å². The second-order valence-corrected chi connectivity index (χ2v) is 7.41. The molecule has 3 aromatic rings. The monoisotopic (exact) mass is 343 g/mol. The Hall–Kier alpha value is -2.15. The minimum absolute atomic E-state index is 0.0716. The maximum Gasteiger partial charge on any atom is 0.257 e. The molecule has 126 valence electrons. The molecule has 0 spiro atoms.